The predicted molar refractivity (Wildman–Crippen MR) is 52.3 cm³/mol. The van der Waals surface area contributed by atoms with E-state index in [9.17, 15) is 4.79 Å². The summed E-state index contributed by atoms with van der Waals surface area (Å²) in [5.41, 5.74) is 8.07. The number of nitrogens with zero attached hydrogens (tertiary/aromatic N) is 2. The van der Waals surface area contributed by atoms with Crippen molar-refractivity contribution in [2.45, 2.75) is 13.2 Å². The van der Waals surface area contributed by atoms with Gasteiger partial charge in [-0.25, -0.2) is 4.79 Å². The Balaban J connectivity index is 2.46. The molecule has 0 N–H and O–H groups in total. The van der Waals surface area contributed by atoms with Crippen LogP contribution in [-0.4, -0.2) is 23.3 Å². The zero-order valence-electron chi connectivity index (χ0n) is 8.16. The minimum atomic E-state index is -0.763. The van der Waals surface area contributed by atoms with Crippen molar-refractivity contribution in [3.63, 3.8) is 0 Å². The smallest absolute Gasteiger partial charge is 0.416 e. The Hall–Kier alpha value is -2.13. The van der Waals surface area contributed by atoms with Gasteiger partial charge in [-0.05, 0) is 12.1 Å². The number of benzene rings is 1. The van der Waals surface area contributed by atoms with Gasteiger partial charge >= 0.3 is 12.2 Å². The van der Waals surface area contributed by atoms with Crippen LogP contribution in [0.4, 0.5) is 0 Å². The summed E-state index contributed by atoms with van der Waals surface area (Å²) in [6, 6.07) is 8.94. The van der Waals surface area contributed by atoms with E-state index in [1.165, 1.54) is 0 Å². The van der Waals surface area contributed by atoms with Crippen molar-refractivity contribution < 1.29 is 19.1 Å². The normalized spacial score (nSPS) is 11.0. The fourth-order valence-electron chi connectivity index (χ4n) is 0.956. The highest BCUT2D eigenvalue weighted by Crippen LogP contribution is 2.10. The molecular formula is C10H10N2O3. The van der Waals surface area contributed by atoms with Crippen molar-refractivity contribution in [3.05, 3.63) is 35.9 Å². The minimum Gasteiger partial charge on any atom is -0.455 e. The molecular weight excluding hydrogens is 196 g/mol. The van der Waals surface area contributed by atoms with Crippen LogP contribution in [0.25, 0.3) is 5.53 Å². The highest BCUT2D eigenvalue weighted by molar-refractivity contribution is 6.20. The van der Waals surface area contributed by atoms with E-state index in [0.29, 0.717) is 12.0 Å². The fraction of sp³-hybridized carbons (Fsp3) is 0.200. The lowest BCUT2D eigenvalue weighted by Crippen LogP contribution is -2.21. The molecule has 78 valence electrons. The monoisotopic (exact) mass is 206 g/mol. The molecule has 1 rings (SSSR count). The average molecular weight is 206 g/mol. The number of hydrogen-bond donors (Lipinski definition) is 0. The Labute approximate surface area is 86.9 Å². The third kappa shape index (κ3) is 4.06. The van der Waals surface area contributed by atoms with Crippen molar-refractivity contribution in [3.8, 4) is 5.75 Å². The number of carbonyl (C=O) groups is 1. The molecule has 0 aliphatic rings. The topological polar surface area (TPSA) is 71.9 Å². The van der Waals surface area contributed by atoms with Crippen LogP contribution in [0.2, 0.25) is 0 Å². The first-order valence-electron chi connectivity index (χ1n) is 4.32. The highest BCUT2D eigenvalue weighted by atomic mass is 16.7. The van der Waals surface area contributed by atoms with Gasteiger partial charge in [-0.2, -0.15) is 4.79 Å². The Kier molecular flexibility index (Phi) is 4.06. The second kappa shape index (κ2) is 5.57. The molecule has 0 radical (unpaired) electrons. The maximum Gasteiger partial charge on any atom is 0.416 e. The zero-order chi connectivity index (χ0) is 11.1. The number of ether oxygens (including phenoxy) is 2. The van der Waals surface area contributed by atoms with Crippen LogP contribution in [0.3, 0.4) is 0 Å². The third-order valence-electron chi connectivity index (χ3n) is 1.49. The summed E-state index contributed by atoms with van der Waals surface area (Å²) in [5, 5.41) is 0. The fourth-order valence-corrected chi connectivity index (χ4v) is 0.956. The molecule has 5 nitrogen and oxygen atoms in total. The third-order valence-corrected chi connectivity index (χ3v) is 1.49. The van der Waals surface area contributed by atoms with Crippen LogP contribution in [0.5, 0.6) is 5.75 Å². The van der Waals surface area contributed by atoms with Gasteiger partial charge in [0.2, 0.25) is 6.29 Å². The lowest BCUT2D eigenvalue weighted by atomic mass is 10.3. The summed E-state index contributed by atoms with van der Waals surface area (Å²) in [4.78, 5) is 13.4. The van der Waals surface area contributed by atoms with Gasteiger partial charge in [0.15, 0.2) is 0 Å². The average Bonchev–Trinajstić information content (AvgIpc) is 2.19. The van der Waals surface area contributed by atoms with Crippen LogP contribution in [0.1, 0.15) is 6.92 Å². The zero-order valence-corrected chi connectivity index (χ0v) is 8.16. The Morgan fingerprint density at radius 3 is 2.73 bits per heavy atom. The van der Waals surface area contributed by atoms with Gasteiger partial charge < -0.3 is 15.0 Å². The van der Waals surface area contributed by atoms with E-state index in [0.717, 1.165) is 0 Å². The van der Waals surface area contributed by atoms with Gasteiger partial charge in [0, 0.05) is 6.92 Å². The van der Waals surface area contributed by atoms with Crippen LogP contribution in [0, 0.1) is 0 Å². The quantitative estimate of drug-likeness (QED) is 0.245. The molecule has 1 unspecified atom stereocenters. The van der Waals surface area contributed by atoms with E-state index in [4.69, 9.17) is 15.0 Å². The van der Waals surface area contributed by atoms with Gasteiger partial charge in [0.25, 0.3) is 0 Å². The van der Waals surface area contributed by atoms with Gasteiger partial charge in [0.1, 0.15) is 5.75 Å². The molecule has 0 fully saturated rings. The van der Waals surface area contributed by atoms with E-state index in [2.05, 4.69) is 4.79 Å². The lowest BCUT2D eigenvalue weighted by Gasteiger charge is -2.12. The SMILES string of the molecule is CC(OC(=O)C=[N+]=[N-])Oc1ccccc1. The van der Waals surface area contributed by atoms with E-state index in [-0.39, 0.29) is 0 Å². The first-order chi connectivity index (χ1) is 7.22. The number of rotatable bonds is 4. The molecule has 0 aromatic heterocycles. The van der Waals surface area contributed by atoms with Crippen LogP contribution >= 0.6 is 0 Å². The molecule has 5 heteroatoms. The van der Waals surface area contributed by atoms with E-state index < -0.39 is 12.3 Å². The Morgan fingerprint density at radius 1 is 1.47 bits per heavy atom. The van der Waals surface area contributed by atoms with E-state index in [1.807, 2.05) is 6.07 Å². The molecule has 0 heterocycles. The first kappa shape index (κ1) is 10.9. The van der Waals surface area contributed by atoms with E-state index in [1.54, 1.807) is 31.2 Å². The molecule has 1 aromatic rings. The van der Waals surface area contributed by atoms with Crippen LogP contribution in [-0.2, 0) is 9.53 Å². The van der Waals surface area contributed by atoms with Crippen molar-refractivity contribution in [2.75, 3.05) is 0 Å². The van der Waals surface area contributed by atoms with Crippen LogP contribution in [0.15, 0.2) is 30.3 Å². The first-order valence-corrected chi connectivity index (χ1v) is 4.32. The summed E-state index contributed by atoms with van der Waals surface area (Å²) < 4.78 is 9.97. The van der Waals surface area contributed by atoms with E-state index >= 15 is 0 Å². The molecule has 1 atom stereocenters. The summed E-state index contributed by atoms with van der Waals surface area (Å²) in [6.45, 7) is 1.57. The van der Waals surface area contributed by atoms with Crippen LogP contribution < -0.4 is 4.74 Å². The molecule has 0 amide bonds. The second-order valence-electron chi connectivity index (χ2n) is 2.68. The van der Waals surface area contributed by atoms with Crippen molar-refractivity contribution >= 4 is 12.2 Å². The van der Waals surface area contributed by atoms with Gasteiger partial charge in [0.05, 0.1) is 0 Å². The largest absolute Gasteiger partial charge is 0.455 e. The number of hydrogen-bond acceptors (Lipinski definition) is 3. The van der Waals surface area contributed by atoms with Crippen molar-refractivity contribution in [1.82, 2.24) is 0 Å². The lowest BCUT2D eigenvalue weighted by molar-refractivity contribution is -0.155. The molecule has 0 spiro atoms. The summed E-state index contributed by atoms with van der Waals surface area (Å²) >= 11 is 0. The number of esters is 1. The maximum atomic E-state index is 10.8. The molecule has 0 saturated heterocycles. The molecule has 0 aliphatic heterocycles. The van der Waals surface area contributed by atoms with Crippen molar-refractivity contribution in [1.29, 1.82) is 0 Å². The van der Waals surface area contributed by atoms with Gasteiger partial charge in [-0.3, -0.25) is 0 Å². The standard InChI is InChI=1S/C10H10N2O3/c1-8(15-10(13)7-12-11)14-9-5-3-2-4-6-9/h2-8H,1H3. The molecule has 1 aromatic carbocycles. The molecule has 0 bridgehead atoms. The maximum absolute atomic E-state index is 10.8. The molecule has 0 aliphatic carbocycles. The Morgan fingerprint density at radius 2 is 2.13 bits per heavy atom. The summed E-state index contributed by atoms with van der Waals surface area (Å²) in [6.07, 6.45) is -0.0805. The number of carbonyl (C=O) groups excluding carboxylic acids is 1. The highest BCUT2D eigenvalue weighted by Gasteiger charge is 2.11. The Bertz CT molecular complexity index is 372. The summed E-state index contributed by atoms with van der Waals surface area (Å²) in [5.74, 6) is -0.167. The summed E-state index contributed by atoms with van der Waals surface area (Å²) in [7, 11) is 0. The molecule has 0 saturated carbocycles. The van der Waals surface area contributed by atoms with Gasteiger partial charge in [-0.1, -0.05) is 18.2 Å². The predicted octanol–water partition coefficient (Wildman–Crippen LogP) is 1.26. The van der Waals surface area contributed by atoms with Gasteiger partial charge in [-0.15, -0.1) is 0 Å². The second-order valence-corrected chi connectivity index (χ2v) is 2.68. The minimum absolute atomic E-state index is 0.596. The molecule has 15 heavy (non-hydrogen) atoms. The van der Waals surface area contributed by atoms with Crippen molar-refractivity contribution in [2.24, 2.45) is 0 Å². The number of para-hydroxylation sites is 1.